The molecule has 2 fully saturated rings. The van der Waals surface area contributed by atoms with E-state index in [-0.39, 0.29) is 16.9 Å². The number of aliphatic carboxylic acids is 1. The molecular weight excluding hydrogens is 518 g/mol. The fraction of sp³-hybridized carbons (Fsp3) is 0.235. The van der Waals surface area contributed by atoms with Crippen molar-refractivity contribution in [3.05, 3.63) is 119 Å². The van der Waals surface area contributed by atoms with E-state index in [9.17, 15) is 15.2 Å². The Hall–Kier alpha value is -4.96. The van der Waals surface area contributed by atoms with Gasteiger partial charge in [-0.05, 0) is 72.2 Å². The molecule has 0 heterocycles. The highest BCUT2D eigenvalue weighted by Gasteiger charge is 2.52. The van der Waals surface area contributed by atoms with E-state index in [2.05, 4.69) is 6.07 Å². The van der Waals surface area contributed by atoms with Gasteiger partial charge in [0.1, 0.15) is 13.2 Å². The minimum Gasteiger partial charge on any atom is -0.504 e. The summed E-state index contributed by atoms with van der Waals surface area (Å²) in [5.41, 5.74) is 2.60. The van der Waals surface area contributed by atoms with Gasteiger partial charge in [-0.25, -0.2) is 0 Å². The van der Waals surface area contributed by atoms with Crippen LogP contribution in [0.1, 0.15) is 47.9 Å². The molecule has 6 rings (SSSR count). The largest absolute Gasteiger partial charge is 0.504 e. The second-order valence-electron chi connectivity index (χ2n) is 10.5. The third-order valence-corrected chi connectivity index (χ3v) is 7.62. The molecule has 0 unspecified atom stereocenters. The van der Waals surface area contributed by atoms with Crippen LogP contribution in [-0.4, -0.2) is 21.3 Å². The van der Waals surface area contributed by atoms with Gasteiger partial charge < -0.3 is 24.8 Å². The van der Waals surface area contributed by atoms with Crippen molar-refractivity contribution in [1.82, 2.24) is 0 Å². The van der Waals surface area contributed by atoms with Crippen LogP contribution in [0.25, 0.3) is 0 Å². The zero-order valence-corrected chi connectivity index (χ0v) is 22.5. The number of carboxylic acid groups (broad SMARTS) is 1. The monoisotopic (exact) mass is 549 g/mol. The predicted octanol–water partition coefficient (Wildman–Crippen LogP) is 6.61. The number of phenols is 2. The fourth-order valence-corrected chi connectivity index (χ4v) is 4.67. The van der Waals surface area contributed by atoms with Crippen LogP contribution in [0.2, 0.25) is 0 Å². The van der Waals surface area contributed by atoms with Crippen molar-refractivity contribution < 1.29 is 29.6 Å². The SMILES string of the molecule is N#CC1(c2ccc(OCc3ccccc3)c(OCc3ccccc3)c2)CC1.O=C(O)C1(c2ccc(O)c(O)c2)CC1. The van der Waals surface area contributed by atoms with Crippen LogP contribution in [0, 0.1) is 11.3 Å². The number of benzene rings is 4. The minimum absolute atomic E-state index is 0.227. The number of ether oxygens (including phenoxy) is 2. The summed E-state index contributed by atoms with van der Waals surface area (Å²) in [6.07, 6.45) is 3.00. The standard InChI is InChI=1S/C24H21NO2.C10H10O4/c25-18-24(13-14-24)21-11-12-22(26-16-19-7-3-1-4-8-19)23(15-21)27-17-20-9-5-2-6-10-20;11-7-2-1-6(5-8(7)12)10(3-4-10)9(13)14/h1-12,15H,13-14,16-17H2;1-2,5,11-12H,3-4H2,(H,13,14). The van der Waals surface area contributed by atoms with Crippen molar-refractivity contribution in [3.8, 4) is 29.1 Å². The van der Waals surface area contributed by atoms with Gasteiger partial charge in [0.2, 0.25) is 0 Å². The molecule has 3 N–H and O–H groups in total. The first-order valence-electron chi connectivity index (χ1n) is 13.5. The molecule has 0 radical (unpaired) electrons. The first-order chi connectivity index (χ1) is 19.8. The zero-order valence-electron chi connectivity index (χ0n) is 22.5. The maximum atomic E-state index is 10.9. The number of carboxylic acids is 1. The summed E-state index contributed by atoms with van der Waals surface area (Å²) in [6.45, 7) is 0.941. The molecule has 0 aromatic heterocycles. The van der Waals surface area contributed by atoms with Crippen molar-refractivity contribution in [3.63, 3.8) is 0 Å². The Bertz CT molecular complexity index is 1550. The average molecular weight is 550 g/mol. The third kappa shape index (κ3) is 6.28. The maximum absolute atomic E-state index is 10.9. The molecule has 2 aliphatic rings. The molecule has 208 valence electrons. The van der Waals surface area contributed by atoms with Crippen LogP contribution in [0.5, 0.6) is 23.0 Å². The lowest BCUT2D eigenvalue weighted by atomic mass is 9.96. The maximum Gasteiger partial charge on any atom is 0.314 e. The van der Waals surface area contributed by atoms with Gasteiger partial charge in [-0.15, -0.1) is 0 Å². The molecule has 4 aromatic rings. The molecule has 0 amide bonds. The number of rotatable bonds is 9. The van der Waals surface area contributed by atoms with Crippen molar-refractivity contribution in [2.75, 3.05) is 0 Å². The van der Waals surface area contributed by atoms with Gasteiger partial charge in [0.25, 0.3) is 0 Å². The van der Waals surface area contributed by atoms with Crippen LogP contribution in [-0.2, 0) is 28.8 Å². The van der Waals surface area contributed by atoms with Crippen molar-refractivity contribution in [1.29, 1.82) is 5.26 Å². The number of hydrogen-bond acceptors (Lipinski definition) is 6. The van der Waals surface area contributed by atoms with Gasteiger partial charge >= 0.3 is 5.97 Å². The first-order valence-corrected chi connectivity index (χ1v) is 13.5. The third-order valence-electron chi connectivity index (χ3n) is 7.62. The summed E-state index contributed by atoms with van der Waals surface area (Å²) >= 11 is 0. The molecule has 0 bridgehead atoms. The summed E-state index contributed by atoms with van der Waals surface area (Å²) in [5, 5.41) is 36.8. The van der Waals surface area contributed by atoms with Gasteiger partial charge in [0.15, 0.2) is 23.0 Å². The predicted molar refractivity (Wildman–Crippen MR) is 153 cm³/mol. The van der Waals surface area contributed by atoms with Gasteiger partial charge in [-0.2, -0.15) is 5.26 Å². The molecule has 0 spiro atoms. The summed E-state index contributed by atoms with van der Waals surface area (Å²) in [4.78, 5) is 10.9. The van der Waals surface area contributed by atoms with E-state index in [0.29, 0.717) is 43.1 Å². The number of phenolic OH excluding ortho intramolecular Hbond substituents is 2. The summed E-state index contributed by atoms with van der Waals surface area (Å²) in [7, 11) is 0. The smallest absolute Gasteiger partial charge is 0.314 e. The molecule has 0 atom stereocenters. The number of carbonyl (C=O) groups is 1. The Morgan fingerprint density at radius 3 is 1.76 bits per heavy atom. The fourth-order valence-electron chi connectivity index (χ4n) is 4.67. The van der Waals surface area contributed by atoms with Crippen LogP contribution >= 0.6 is 0 Å². The second kappa shape index (κ2) is 11.6. The van der Waals surface area contributed by atoms with E-state index in [4.69, 9.17) is 19.7 Å². The Balaban J connectivity index is 0.000000202. The van der Waals surface area contributed by atoms with E-state index in [0.717, 1.165) is 29.5 Å². The van der Waals surface area contributed by atoms with E-state index >= 15 is 0 Å². The van der Waals surface area contributed by atoms with E-state index in [1.54, 1.807) is 0 Å². The van der Waals surface area contributed by atoms with Crippen molar-refractivity contribution >= 4 is 5.97 Å². The highest BCUT2D eigenvalue weighted by molar-refractivity contribution is 5.85. The van der Waals surface area contributed by atoms with Crippen LogP contribution in [0.3, 0.4) is 0 Å². The van der Waals surface area contributed by atoms with Gasteiger partial charge in [0, 0.05) is 0 Å². The van der Waals surface area contributed by atoms with Crippen molar-refractivity contribution in [2.24, 2.45) is 0 Å². The van der Waals surface area contributed by atoms with Crippen LogP contribution < -0.4 is 9.47 Å². The highest BCUT2D eigenvalue weighted by atomic mass is 16.5. The second-order valence-corrected chi connectivity index (χ2v) is 10.5. The molecule has 41 heavy (non-hydrogen) atoms. The minimum atomic E-state index is -0.873. The molecule has 7 heteroatoms. The summed E-state index contributed by atoms with van der Waals surface area (Å²) in [5.74, 6) is 0.0219. The molecule has 0 aliphatic heterocycles. The zero-order chi connectivity index (χ0) is 28.9. The lowest BCUT2D eigenvalue weighted by molar-refractivity contribution is -0.140. The topological polar surface area (TPSA) is 120 Å². The molecule has 2 aliphatic carbocycles. The number of nitriles is 1. The average Bonchev–Trinajstić information content (AvgIpc) is 3.93. The Morgan fingerprint density at radius 1 is 0.707 bits per heavy atom. The molecule has 2 saturated carbocycles. The van der Waals surface area contributed by atoms with Crippen LogP contribution in [0.15, 0.2) is 97.1 Å². The van der Waals surface area contributed by atoms with E-state index in [1.165, 1.54) is 18.2 Å². The molecule has 7 nitrogen and oxygen atoms in total. The lowest BCUT2D eigenvalue weighted by Gasteiger charge is -2.16. The van der Waals surface area contributed by atoms with Gasteiger partial charge in [0.05, 0.1) is 16.9 Å². The lowest BCUT2D eigenvalue weighted by Crippen LogP contribution is -2.19. The number of nitrogens with zero attached hydrogens (tertiary/aromatic N) is 1. The Kier molecular flexibility index (Phi) is 7.84. The van der Waals surface area contributed by atoms with Crippen molar-refractivity contribution in [2.45, 2.75) is 49.7 Å². The van der Waals surface area contributed by atoms with E-state index < -0.39 is 11.4 Å². The normalized spacial score (nSPS) is 15.4. The van der Waals surface area contributed by atoms with Gasteiger partial charge in [-0.3, -0.25) is 4.79 Å². The van der Waals surface area contributed by atoms with Crippen LogP contribution in [0.4, 0.5) is 0 Å². The number of aromatic hydroxyl groups is 2. The van der Waals surface area contributed by atoms with Gasteiger partial charge in [-0.1, -0.05) is 72.8 Å². The summed E-state index contributed by atoms with van der Waals surface area (Å²) in [6, 6.07) is 32.6. The number of hydrogen-bond donors (Lipinski definition) is 3. The molecule has 0 saturated heterocycles. The molecular formula is C34H31NO6. The Labute approximate surface area is 238 Å². The highest BCUT2D eigenvalue weighted by Crippen LogP contribution is 2.50. The summed E-state index contributed by atoms with van der Waals surface area (Å²) < 4.78 is 12.1. The quantitative estimate of drug-likeness (QED) is 0.201. The first kappa shape index (κ1) is 27.6. The van der Waals surface area contributed by atoms with E-state index in [1.807, 2.05) is 78.9 Å². The Morgan fingerprint density at radius 2 is 1.27 bits per heavy atom. The molecule has 4 aromatic carbocycles.